The van der Waals surface area contributed by atoms with Crippen molar-refractivity contribution in [2.45, 2.75) is 51.6 Å². The molecule has 0 saturated heterocycles. The number of benzene rings is 1. The summed E-state index contributed by atoms with van der Waals surface area (Å²) in [6, 6.07) is 6.14. The number of hydrogen-bond donors (Lipinski definition) is 1. The molecule has 1 aliphatic rings. The van der Waals surface area contributed by atoms with Crippen LogP contribution in [0.3, 0.4) is 0 Å². The van der Waals surface area contributed by atoms with Gasteiger partial charge in [-0.25, -0.2) is 8.78 Å². The van der Waals surface area contributed by atoms with E-state index in [2.05, 4.69) is 6.92 Å². The number of aliphatic hydroxyl groups is 1. The van der Waals surface area contributed by atoms with Crippen molar-refractivity contribution in [1.29, 1.82) is 0 Å². The van der Waals surface area contributed by atoms with Crippen molar-refractivity contribution in [3.63, 3.8) is 0 Å². The number of aliphatic hydroxyl groups excluding tert-OH is 1. The molecule has 19 heavy (non-hydrogen) atoms. The predicted octanol–water partition coefficient (Wildman–Crippen LogP) is 4.87. The maximum atomic E-state index is 12.5. The van der Waals surface area contributed by atoms with Crippen LogP contribution in [-0.4, -0.2) is 5.11 Å². The number of rotatable bonds is 4. The van der Waals surface area contributed by atoms with Gasteiger partial charge in [0.25, 0.3) is 6.43 Å². The minimum absolute atomic E-state index is 0.0200. The van der Waals surface area contributed by atoms with Gasteiger partial charge in [0.15, 0.2) is 0 Å². The summed E-state index contributed by atoms with van der Waals surface area (Å²) in [5.74, 6) is 0.828. The number of hydrogen-bond acceptors (Lipinski definition) is 1. The Morgan fingerprint density at radius 3 is 2.26 bits per heavy atom. The third-order valence-electron chi connectivity index (χ3n) is 4.43. The lowest BCUT2D eigenvalue weighted by molar-refractivity contribution is 0.0451. The molecule has 1 aliphatic carbocycles. The SMILES string of the molecule is CCC1CCCCC1C(O)c1ccc(C(F)F)cc1. The van der Waals surface area contributed by atoms with Crippen LogP contribution < -0.4 is 0 Å². The van der Waals surface area contributed by atoms with Crippen molar-refractivity contribution < 1.29 is 13.9 Å². The second-order valence-electron chi connectivity index (χ2n) is 5.53. The standard InChI is InChI=1S/C16H22F2O/c1-2-11-5-3-4-6-14(11)15(19)12-7-9-13(10-8-12)16(17)18/h7-11,14-16,19H,2-6H2,1H3. The van der Waals surface area contributed by atoms with Crippen LogP contribution in [0.5, 0.6) is 0 Å². The van der Waals surface area contributed by atoms with Gasteiger partial charge < -0.3 is 5.11 Å². The summed E-state index contributed by atoms with van der Waals surface area (Å²) in [5, 5.41) is 10.5. The summed E-state index contributed by atoms with van der Waals surface area (Å²) in [6.07, 6.45) is 2.74. The molecule has 2 rings (SSSR count). The van der Waals surface area contributed by atoms with E-state index in [9.17, 15) is 13.9 Å². The molecule has 0 spiro atoms. The maximum Gasteiger partial charge on any atom is 0.263 e. The van der Waals surface area contributed by atoms with Gasteiger partial charge in [0, 0.05) is 5.56 Å². The zero-order chi connectivity index (χ0) is 13.8. The second-order valence-corrected chi connectivity index (χ2v) is 5.53. The van der Waals surface area contributed by atoms with Gasteiger partial charge in [0.1, 0.15) is 0 Å². The molecule has 0 heterocycles. The minimum atomic E-state index is -2.44. The van der Waals surface area contributed by atoms with Gasteiger partial charge >= 0.3 is 0 Å². The first-order valence-corrected chi connectivity index (χ1v) is 7.19. The molecule has 0 bridgehead atoms. The van der Waals surface area contributed by atoms with Gasteiger partial charge in [0.05, 0.1) is 6.10 Å². The first kappa shape index (κ1) is 14.4. The highest BCUT2D eigenvalue weighted by molar-refractivity contribution is 5.25. The molecule has 3 heteroatoms. The van der Waals surface area contributed by atoms with Crippen molar-refractivity contribution in [1.82, 2.24) is 0 Å². The third-order valence-corrected chi connectivity index (χ3v) is 4.43. The summed E-state index contributed by atoms with van der Waals surface area (Å²) >= 11 is 0. The lowest BCUT2D eigenvalue weighted by atomic mass is 9.73. The molecular formula is C16H22F2O. The fraction of sp³-hybridized carbons (Fsp3) is 0.625. The Morgan fingerprint density at radius 1 is 1.11 bits per heavy atom. The van der Waals surface area contributed by atoms with E-state index < -0.39 is 12.5 Å². The van der Waals surface area contributed by atoms with Crippen LogP contribution >= 0.6 is 0 Å². The third kappa shape index (κ3) is 3.33. The molecule has 3 unspecified atom stereocenters. The fourth-order valence-electron chi connectivity index (χ4n) is 3.24. The van der Waals surface area contributed by atoms with Crippen LogP contribution in [0.2, 0.25) is 0 Å². The number of halogens is 2. The van der Waals surface area contributed by atoms with Gasteiger partial charge in [-0.2, -0.15) is 0 Å². The average Bonchev–Trinajstić information content (AvgIpc) is 2.46. The molecule has 1 nitrogen and oxygen atoms in total. The van der Waals surface area contributed by atoms with Crippen molar-refractivity contribution in [3.05, 3.63) is 35.4 Å². The van der Waals surface area contributed by atoms with Gasteiger partial charge in [-0.05, 0) is 23.8 Å². The van der Waals surface area contributed by atoms with E-state index in [0.717, 1.165) is 24.8 Å². The van der Waals surface area contributed by atoms with Gasteiger partial charge in [0.2, 0.25) is 0 Å². The van der Waals surface area contributed by atoms with E-state index >= 15 is 0 Å². The molecule has 1 fully saturated rings. The molecular weight excluding hydrogens is 246 g/mol. The number of alkyl halides is 2. The molecule has 0 amide bonds. The summed E-state index contributed by atoms with van der Waals surface area (Å²) in [7, 11) is 0. The summed E-state index contributed by atoms with van der Waals surface area (Å²) in [6.45, 7) is 2.16. The summed E-state index contributed by atoms with van der Waals surface area (Å²) < 4.78 is 25.0. The minimum Gasteiger partial charge on any atom is -0.388 e. The topological polar surface area (TPSA) is 20.2 Å². The van der Waals surface area contributed by atoms with Gasteiger partial charge in [-0.1, -0.05) is 56.9 Å². The van der Waals surface area contributed by atoms with Gasteiger partial charge in [-0.15, -0.1) is 0 Å². The monoisotopic (exact) mass is 268 g/mol. The Hall–Kier alpha value is -0.960. The van der Waals surface area contributed by atoms with E-state index in [1.807, 2.05) is 0 Å². The first-order valence-electron chi connectivity index (χ1n) is 7.19. The van der Waals surface area contributed by atoms with E-state index in [4.69, 9.17) is 0 Å². The molecule has 1 aromatic rings. The van der Waals surface area contributed by atoms with Gasteiger partial charge in [-0.3, -0.25) is 0 Å². The van der Waals surface area contributed by atoms with E-state index in [-0.39, 0.29) is 11.5 Å². The van der Waals surface area contributed by atoms with Crippen LogP contribution in [0.15, 0.2) is 24.3 Å². The normalized spacial score (nSPS) is 25.5. The summed E-state index contributed by atoms with van der Waals surface area (Å²) in [5.41, 5.74) is 0.793. The van der Waals surface area contributed by atoms with E-state index in [1.54, 1.807) is 12.1 Å². The molecule has 0 aromatic heterocycles. The molecule has 0 radical (unpaired) electrons. The highest BCUT2D eigenvalue weighted by Gasteiger charge is 2.30. The smallest absolute Gasteiger partial charge is 0.263 e. The van der Waals surface area contributed by atoms with Crippen LogP contribution in [0.1, 0.15) is 62.7 Å². The second kappa shape index (κ2) is 6.47. The summed E-state index contributed by atoms with van der Waals surface area (Å²) in [4.78, 5) is 0. The van der Waals surface area contributed by atoms with Crippen molar-refractivity contribution in [2.75, 3.05) is 0 Å². The lowest BCUT2D eigenvalue weighted by Gasteiger charge is -2.34. The van der Waals surface area contributed by atoms with Crippen LogP contribution in [0, 0.1) is 11.8 Å². The Labute approximate surface area is 113 Å². The van der Waals surface area contributed by atoms with Crippen molar-refractivity contribution >= 4 is 0 Å². The average molecular weight is 268 g/mol. The molecule has 3 atom stereocenters. The Kier molecular flexibility index (Phi) is 4.92. The highest BCUT2D eigenvalue weighted by atomic mass is 19.3. The van der Waals surface area contributed by atoms with Crippen molar-refractivity contribution in [2.24, 2.45) is 11.8 Å². The quantitative estimate of drug-likeness (QED) is 0.825. The van der Waals surface area contributed by atoms with Crippen LogP contribution in [-0.2, 0) is 0 Å². The van der Waals surface area contributed by atoms with Crippen LogP contribution in [0.25, 0.3) is 0 Å². The zero-order valence-corrected chi connectivity index (χ0v) is 11.4. The molecule has 1 aromatic carbocycles. The Morgan fingerprint density at radius 2 is 1.68 bits per heavy atom. The van der Waals surface area contributed by atoms with E-state index in [1.165, 1.54) is 25.0 Å². The Bertz CT molecular complexity index is 388. The molecule has 1 N–H and O–H groups in total. The zero-order valence-electron chi connectivity index (χ0n) is 11.4. The Balaban J connectivity index is 2.11. The van der Waals surface area contributed by atoms with Crippen LogP contribution in [0.4, 0.5) is 8.78 Å². The van der Waals surface area contributed by atoms with Crippen molar-refractivity contribution in [3.8, 4) is 0 Å². The highest BCUT2D eigenvalue weighted by Crippen LogP contribution is 2.40. The predicted molar refractivity (Wildman–Crippen MR) is 72.1 cm³/mol. The maximum absolute atomic E-state index is 12.5. The molecule has 0 aliphatic heterocycles. The molecule has 106 valence electrons. The van der Waals surface area contributed by atoms with E-state index in [0.29, 0.717) is 5.92 Å². The molecule has 1 saturated carbocycles. The fourth-order valence-corrected chi connectivity index (χ4v) is 3.24. The lowest BCUT2D eigenvalue weighted by Crippen LogP contribution is -2.25. The first-order chi connectivity index (χ1) is 9.13. The largest absolute Gasteiger partial charge is 0.388 e.